The van der Waals surface area contributed by atoms with Gasteiger partial charge in [0.1, 0.15) is 22.3 Å². The molecule has 2 fully saturated rings. The van der Waals surface area contributed by atoms with Crippen LogP contribution in [-0.2, 0) is 28.6 Å². The van der Waals surface area contributed by atoms with Gasteiger partial charge < -0.3 is 18.6 Å². The first-order valence-electron chi connectivity index (χ1n) is 18.9. The standard InChI is InChI=1S/C42H58N2O7SSi/c1-31-24-25-38(52(47,43-40(46)51-41(2,3)4)44-27-16-23-36(44)39(45)48-8)37(29-31)50-33-18-15-17-32(30-33)26-28-49-53(42(5,6)7,34-19-11-9-12-20-34)35-21-13-10-14-22-35/h9-14,19-22,24-25,29,32-33,36H,15-18,23,26-28,30H2,1-8H3/t32-,33-,36+,52-/m1/s1. The molecule has 0 unspecified atom stereocenters. The monoisotopic (exact) mass is 762 g/mol. The SMILES string of the molecule is COC(=O)[C@@H]1CCCN1[S@](=O)(=NC(=O)OC(C)(C)C)c1ccc(C)cc1O[C@@H]1CCC[C@H](CCO[Si](c2ccccc2)(c2ccccc2)C(C)(C)C)C1. The minimum atomic E-state index is -3.69. The number of benzene rings is 3. The van der Waals surface area contributed by atoms with Crippen LogP contribution in [0.1, 0.15) is 92.1 Å². The molecule has 11 heteroatoms. The molecule has 0 aromatic heterocycles. The van der Waals surface area contributed by atoms with E-state index in [4.69, 9.17) is 18.6 Å². The van der Waals surface area contributed by atoms with Gasteiger partial charge in [0.15, 0.2) is 9.92 Å². The van der Waals surface area contributed by atoms with Gasteiger partial charge in [0.05, 0.1) is 13.2 Å². The summed E-state index contributed by atoms with van der Waals surface area (Å²) in [7, 11) is -5.03. The molecule has 4 atom stereocenters. The Bertz CT molecular complexity index is 1790. The van der Waals surface area contributed by atoms with E-state index in [1.165, 1.54) is 21.8 Å². The topological polar surface area (TPSA) is 104 Å². The third-order valence-electron chi connectivity index (χ3n) is 10.3. The van der Waals surface area contributed by atoms with Crippen LogP contribution < -0.4 is 15.1 Å². The maximum Gasteiger partial charge on any atom is 0.443 e. The zero-order valence-electron chi connectivity index (χ0n) is 32.8. The molecule has 5 rings (SSSR count). The maximum absolute atomic E-state index is 15.3. The van der Waals surface area contributed by atoms with Gasteiger partial charge in [0.25, 0.3) is 8.32 Å². The summed E-state index contributed by atoms with van der Waals surface area (Å²) < 4.78 is 45.6. The van der Waals surface area contributed by atoms with E-state index in [2.05, 4.69) is 85.8 Å². The van der Waals surface area contributed by atoms with E-state index in [-0.39, 0.29) is 16.0 Å². The van der Waals surface area contributed by atoms with Crippen LogP contribution in [-0.4, -0.2) is 66.9 Å². The fourth-order valence-electron chi connectivity index (χ4n) is 7.88. The van der Waals surface area contributed by atoms with Crippen LogP contribution in [0.2, 0.25) is 5.04 Å². The highest BCUT2D eigenvalue weighted by atomic mass is 32.2. The van der Waals surface area contributed by atoms with Crippen LogP contribution >= 0.6 is 0 Å². The van der Waals surface area contributed by atoms with Gasteiger partial charge >= 0.3 is 12.1 Å². The van der Waals surface area contributed by atoms with Crippen LogP contribution in [0, 0.1) is 12.8 Å². The molecule has 53 heavy (non-hydrogen) atoms. The summed E-state index contributed by atoms with van der Waals surface area (Å²) >= 11 is 0. The molecule has 3 aromatic rings. The summed E-state index contributed by atoms with van der Waals surface area (Å²) in [4.78, 5) is 26.4. The minimum Gasteiger partial charge on any atom is -0.489 e. The Hall–Kier alpha value is -3.51. The third-order valence-corrected chi connectivity index (χ3v) is 17.7. The highest BCUT2D eigenvalue weighted by molar-refractivity contribution is 7.91. The molecule has 3 aromatic carbocycles. The van der Waals surface area contributed by atoms with Crippen molar-refractivity contribution >= 4 is 40.7 Å². The summed E-state index contributed by atoms with van der Waals surface area (Å²) in [5.74, 6) is 0.268. The number of methoxy groups -OCH3 is 1. The Kier molecular flexibility index (Phi) is 13.0. The summed E-state index contributed by atoms with van der Waals surface area (Å²) in [6.07, 6.45) is 4.57. The number of ether oxygens (including phenoxy) is 3. The first kappa shape index (κ1) is 40.7. The second kappa shape index (κ2) is 16.9. The molecule has 1 heterocycles. The first-order valence-corrected chi connectivity index (χ1v) is 22.3. The van der Waals surface area contributed by atoms with Gasteiger partial charge in [-0.25, -0.2) is 9.00 Å². The van der Waals surface area contributed by atoms with Crippen LogP contribution in [0.3, 0.4) is 0 Å². The number of carbonyl (C=O) groups is 2. The van der Waals surface area contributed by atoms with Crippen LogP contribution in [0.15, 0.2) is 88.1 Å². The number of aryl methyl sites for hydroxylation is 1. The average molecular weight is 763 g/mol. The lowest BCUT2D eigenvalue weighted by Gasteiger charge is -2.43. The molecule has 1 saturated heterocycles. The van der Waals surface area contributed by atoms with Crippen molar-refractivity contribution in [1.82, 2.24) is 4.31 Å². The van der Waals surface area contributed by atoms with Gasteiger partial charge in [-0.05, 0) is 105 Å². The second-order valence-electron chi connectivity index (χ2n) is 16.4. The quantitative estimate of drug-likeness (QED) is 0.143. The molecular weight excluding hydrogens is 705 g/mol. The van der Waals surface area contributed by atoms with Crippen LogP contribution in [0.5, 0.6) is 5.75 Å². The number of rotatable bonds is 11. The summed E-state index contributed by atoms with van der Waals surface area (Å²) in [6, 6.07) is 26.0. The lowest BCUT2D eigenvalue weighted by Crippen LogP contribution is -2.66. The van der Waals surface area contributed by atoms with Crippen molar-refractivity contribution in [2.75, 3.05) is 20.3 Å². The highest BCUT2D eigenvalue weighted by Gasteiger charge is 2.50. The van der Waals surface area contributed by atoms with E-state index in [9.17, 15) is 9.59 Å². The Morgan fingerprint density at radius 1 is 0.887 bits per heavy atom. The molecule has 1 aliphatic carbocycles. The van der Waals surface area contributed by atoms with E-state index in [1.807, 2.05) is 19.1 Å². The minimum absolute atomic E-state index is 0.102. The van der Waals surface area contributed by atoms with Crippen LogP contribution in [0.4, 0.5) is 4.79 Å². The molecule has 2 aliphatic rings. The Labute approximate surface area is 318 Å². The molecule has 1 amide bonds. The lowest BCUT2D eigenvalue weighted by molar-refractivity contribution is -0.144. The van der Waals surface area contributed by atoms with Crippen molar-refractivity contribution in [3.63, 3.8) is 0 Å². The second-order valence-corrected chi connectivity index (χ2v) is 22.8. The molecular formula is C42H58N2O7SSi. The van der Waals surface area contributed by atoms with Crippen molar-refractivity contribution in [2.24, 2.45) is 10.3 Å². The molecule has 0 spiro atoms. The Balaban J connectivity index is 1.40. The summed E-state index contributed by atoms with van der Waals surface area (Å²) in [5.41, 5.74) is 0.0676. The van der Waals surface area contributed by atoms with Gasteiger partial charge in [-0.3, -0.25) is 4.79 Å². The van der Waals surface area contributed by atoms with E-state index in [0.29, 0.717) is 37.7 Å². The van der Waals surface area contributed by atoms with Gasteiger partial charge in [0.2, 0.25) is 0 Å². The van der Waals surface area contributed by atoms with Crippen molar-refractivity contribution in [1.29, 1.82) is 0 Å². The van der Waals surface area contributed by atoms with E-state index in [0.717, 1.165) is 37.7 Å². The summed E-state index contributed by atoms with van der Waals surface area (Å²) in [6.45, 7) is 15.0. The third kappa shape index (κ3) is 9.42. The number of nitrogens with zero attached hydrogens (tertiary/aromatic N) is 2. The van der Waals surface area contributed by atoms with Crippen molar-refractivity contribution in [3.8, 4) is 5.75 Å². The van der Waals surface area contributed by atoms with E-state index >= 15 is 4.21 Å². The highest BCUT2D eigenvalue weighted by Crippen LogP contribution is 2.40. The lowest BCUT2D eigenvalue weighted by atomic mass is 9.85. The predicted octanol–water partition coefficient (Wildman–Crippen LogP) is 8.21. The average Bonchev–Trinajstić information content (AvgIpc) is 3.61. The van der Waals surface area contributed by atoms with Crippen LogP contribution in [0.25, 0.3) is 0 Å². The first-order chi connectivity index (χ1) is 25.1. The van der Waals surface area contributed by atoms with Crippen molar-refractivity contribution < 1.29 is 32.4 Å². The van der Waals surface area contributed by atoms with E-state index < -0.39 is 41.9 Å². The van der Waals surface area contributed by atoms with E-state index in [1.54, 1.807) is 26.8 Å². The fraction of sp³-hybridized carbons (Fsp3) is 0.524. The molecule has 1 saturated carbocycles. The number of esters is 1. The molecule has 9 nitrogen and oxygen atoms in total. The molecule has 0 N–H and O–H groups in total. The molecule has 0 bridgehead atoms. The predicted molar refractivity (Wildman–Crippen MR) is 213 cm³/mol. The molecule has 1 aliphatic heterocycles. The van der Waals surface area contributed by atoms with Gasteiger partial charge in [0, 0.05) is 13.2 Å². The largest absolute Gasteiger partial charge is 0.489 e. The normalized spacial score (nSPS) is 21.0. The zero-order chi connectivity index (χ0) is 38.4. The number of hydrogen-bond donors (Lipinski definition) is 0. The zero-order valence-corrected chi connectivity index (χ0v) is 34.6. The molecule has 0 radical (unpaired) electrons. The Morgan fingerprint density at radius 3 is 2.11 bits per heavy atom. The van der Waals surface area contributed by atoms with Gasteiger partial charge in [-0.1, -0.05) is 93.9 Å². The summed E-state index contributed by atoms with van der Waals surface area (Å²) in [5, 5.41) is 2.43. The van der Waals surface area contributed by atoms with Crippen molar-refractivity contribution in [3.05, 3.63) is 84.4 Å². The Morgan fingerprint density at radius 2 is 1.53 bits per heavy atom. The number of carbonyl (C=O) groups excluding carboxylic acids is 2. The molecule has 288 valence electrons. The van der Waals surface area contributed by atoms with Gasteiger partial charge in [-0.2, -0.15) is 4.31 Å². The van der Waals surface area contributed by atoms with Crippen molar-refractivity contribution in [2.45, 2.75) is 121 Å². The maximum atomic E-state index is 15.3. The number of hydrogen-bond acceptors (Lipinski definition) is 7. The smallest absolute Gasteiger partial charge is 0.443 e. The van der Waals surface area contributed by atoms with Gasteiger partial charge in [-0.15, -0.1) is 4.36 Å². The fourth-order valence-corrected chi connectivity index (χ4v) is 14.7. The number of amides is 1.